The molecule has 1 aliphatic rings. The normalized spacial score (nSPS) is 14.1. The molecule has 1 amide bonds. The second-order valence-electron chi connectivity index (χ2n) is 4.51. The molecule has 1 aliphatic heterocycles. The molecule has 5 nitrogen and oxygen atoms in total. The lowest BCUT2D eigenvalue weighted by atomic mass is 10.1. The summed E-state index contributed by atoms with van der Waals surface area (Å²) in [4.78, 5) is 29.5. The van der Waals surface area contributed by atoms with Gasteiger partial charge in [-0.1, -0.05) is 12.1 Å². The summed E-state index contributed by atoms with van der Waals surface area (Å²) in [5.41, 5.74) is 1.19. The maximum atomic E-state index is 12.0. The zero-order chi connectivity index (χ0) is 13.4. The Morgan fingerprint density at radius 3 is 2.74 bits per heavy atom. The highest BCUT2D eigenvalue weighted by atomic mass is 16.2. The minimum atomic E-state index is -0.449. The Morgan fingerprint density at radius 1 is 1.21 bits per heavy atom. The van der Waals surface area contributed by atoms with Crippen molar-refractivity contribution in [2.45, 2.75) is 6.42 Å². The van der Waals surface area contributed by atoms with E-state index in [0.717, 1.165) is 5.82 Å². The molecule has 0 bridgehead atoms. The summed E-state index contributed by atoms with van der Waals surface area (Å²) in [6, 6.07) is 7.09. The van der Waals surface area contributed by atoms with E-state index in [1.807, 2.05) is 23.9 Å². The zero-order valence-electron chi connectivity index (χ0n) is 10.5. The first-order valence-electron chi connectivity index (χ1n) is 6.10. The van der Waals surface area contributed by atoms with E-state index < -0.39 is 11.7 Å². The number of aromatic nitrogens is 2. The summed E-state index contributed by atoms with van der Waals surface area (Å²) >= 11 is 0. The zero-order valence-corrected chi connectivity index (χ0v) is 10.5. The van der Waals surface area contributed by atoms with Crippen molar-refractivity contribution < 1.29 is 9.59 Å². The van der Waals surface area contributed by atoms with E-state index in [-0.39, 0.29) is 0 Å². The molecule has 0 saturated heterocycles. The van der Waals surface area contributed by atoms with Crippen LogP contribution in [0, 0.1) is 0 Å². The average molecular weight is 255 g/mol. The van der Waals surface area contributed by atoms with Crippen molar-refractivity contribution >= 4 is 17.4 Å². The van der Waals surface area contributed by atoms with E-state index in [9.17, 15) is 9.59 Å². The number of amides is 1. The van der Waals surface area contributed by atoms with Crippen LogP contribution in [0.4, 0.5) is 5.69 Å². The number of ketones is 1. The van der Waals surface area contributed by atoms with Gasteiger partial charge in [0.2, 0.25) is 0 Å². The molecule has 5 heteroatoms. The summed E-state index contributed by atoms with van der Waals surface area (Å²) < 4.78 is 1.91. The van der Waals surface area contributed by atoms with Crippen molar-refractivity contribution in [2.75, 3.05) is 11.4 Å². The van der Waals surface area contributed by atoms with Crippen LogP contribution in [0.3, 0.4) is 0 Å². The number of nitrogens with zero attached hydrogens (tertiary/aromatic N) is 3. The van der Waals surface area contributed by atoms with Gasteiger partial charge in [0.05, 0.1) is 11.3 Å². The van der Waals surface area contributed by atoms with Gasteiger partial charge in [-0.15, -0.1) is 0 Å². The van der Waals surface area contributed by atoms with E-state index in [4.69, 9.17) is 0 Å². The average Bonchev–Trinajstić information content (AvgIpc) is 2.93. The van der Waals surface area contributed by atoms with Gasteiger partial charge in [0.1, 0.15) is 5.82 Å². The van der Waals surface area contributed by atoms with Crippen LogP contribution >= 0.6 is 0 Å². The van der Waals surface area contributed by atoms with Gasteiger partial charge < -0.3 is 9.47 Å². The number of aryl methyl sites for hydroxylation is 1. The minimum absolute atomic E-state index is 0.421. The second kappa shape index (κ2) is 4.35. The number of hydrogen-bond donors (Lipinski definition) is 0. The molecule has 0 atom stereocenters. The molecule has 0 aliphatic carbocycles. The predicted octanol–water partition coefficient (Wildman–Crippen LogP) is 1.19. The maximum Gasteiger partial charge on any atom is 0.299 e. The Balaban J connectivity index is 1.84. The minimum Gasteiger partial charge on any atom is -0.338 e. The molecule has 0 fully saturated rings. The van der Waals surface area contributed by atoms with Gasteiger partial charge in [-0.25, -0.2) is 4.98 Å². The number of fused-ring (bicyclic) bond motifs is 1. The molecule has 19 heavy (non-hydrogen) atoms. The van der Waals surface area contributed by atoms with Crippen molar-refractivity contribution in [2.24, 2.45) is 7.05 Å². The molecule has 1 aromatic carbocycles. The molecule has 96 valence electrons. The fourth-order valence-electron chi connectivity index (χ4n) is 2.32. The first kappa shape index (κ1) is 11.6. The molecule has 0 saturated carbocycles. The number of para-hydroxylation sites is 1. The lowest BCUT2D eigenvalue weighted by molar-refractivity contribution is -0.114. The van der Waals surface area contributed by atoms with Crippen LogP contribution in [0.5, 0.6) is 0 Å². The number of rotatable bonds is 3. The number of imidazole rings is 1. The van der Waals surface area contributed by atoms with Crippen LogP contribution in [0.15, 0.2) is 36.7 Å². The third kappa shape index (κ3) is 1.83. The monoisotopic (exact) mass is 255 g/mol. The molecule has 3 rings (SSSR count). The molecule has 0 spiro atoms. The Hall–Kier alpha value is -2.43. The Morgan fingerprint density at radius 2 is 2.00 bits per heavy atom. The number of carbonyl (C=O) groups is 2. The fourth-order valence-corrected chi connectivity index (χ4v) is 2.32. The van der Waals surface area contributed by atoms with Gasteiger partial charge in [-0.2, -0.15) is 0 Å². The smallest absolute Gasteiger partial charge is 0.299 e. The number of hydrogen-bond acceptors (Lipinski definition) is 3. The van der Waals surface area contributed by atoms with Crippen molar-refractivity contribution in [3.8, 4) is 0 Å². The Bertz CT molecular complexity index is 660. The summed E-state index contributed by atoms with van der Waals surface area (Å²) in [6.45, 7) is 0.465. The first-order chi connectivity index (χ1) is 9.18. The summed E-state index contributed by atoms with van der Waals surface area (Å²) in [7, 11) is 1.91. The van der Waals surface area contributed by atoms with Gasteiger partial charge in [0.25, 0.3) is 11.7 Å². The molecule has 0 N–H and O–H groups in total. The predicted molar refractivity (Wildman–Crippen MR) is 70.0 cm³/mol. The van der Waals surface area contributed by atoms with Crippen LogP contribution in [0.1, 0.15) is 16.2 Å². The number of Topliss-reactive ketones (excluding diaryl/α,β-unsaturated/α-hetero) is 1. The lowest BCUT2D eigenvalue weighted by Crippen LogP contribution is -2.32. The third-order valence-electron chi connectivity index (χ3n) is 3.36. The molecule has 2 aromatic rings. The molecule has 2 heterocycles. The maximum absolute atomic E-state index is 12.0. The number of anilines is 1. The van der Waals surface area contributed by atoms with E-state index in [1.165, 1.54) is 4.90 Å². The molecular weight excluding hydrogens is 242 g/mol. The largest absolute Gasteiger partial charge is 0.338 e. The summed E-state index contributed by atoms with van der Waals surface area (Å²) in [5.74, 6) is 0.0236. The first-order valence-corrected chi connectivity index (χ1v) is 6.10. The van der Waals surface area contributed by atoms with Gasteiger partial charge in [-0.05, 0) is 12.1 Å². The van der Waals surface area contributed by atoms with E-state index in [1.54, 1.807) is 24.4 Å². The highest BCUT2D eigenvalue weighted by molar-refractivity contribution is 6.52. The van der Waals surface area contributed by atoms with Gasteiger partial charge in [-0.3, -0.25) is 9.59 Å². The standard InChI is InChI=1S/C14H13N3O2/c1-16-9-7-15-12(16)6-8-17-11-5-3-2-4-10(11)13(18)14(17)19/h2-5,7,9H,6,8H2,1H3. The van der Waals surface area contributed by atoms with E-state index in [0.29, 0.717) is 24.2 Å². The van der Waals surface area contributed by atoms with Crippen LogP contribution in [-0.4, -0.2) is 27.8 Å². The van der Waals surface area contributed by atoms with Crippen molar-refractivity contribution in [1.82, 2.24) is 9.55 Å². The lowest BCUT2D eigenvalue weighted by Gasteiger charge is -2.15. The molecule has 0 radical (unpaired) electrons. The highest BCUT2D eigenvalue weighted by Gasteiger charge is 2.35. The van der Waals surface area contributed by atoms with Crippen LogP contribution in [0.25, 0.3) is 0 Å². The highest BCUT2D eigenvalue weighted by Crippen LogP contribution is 2.28. The fraction of sp³-hybridized carbons (Fsp3) is 0.214. The summed E-state index contributed by atoms with van der Waals surface area (Å²) in [5, 5.41) is 0. The quantitative estimate of drug-likeness (QED) is 0.774. The Kier molecular flexibility index (Phi) is 2.67. The van der Waals surface area contributed by atoms with E-state index >= 15 is 0 Å². The Labute approximate surface area is 110 Å². The van der Waals surface area contributed by atoms with Gasteiger partial charge in [0.15, 0.2) is 0 Å². The van der Waals surface area contributed by atoms with Crippen LogP contribution < -0.4 is 4.90 Å². The third-order valence-corrected chi connectivity index (χ3v) is 3.36. The number of carbonyl (C=O) groups excluding carboxylic acids is 2. The van der Waals surface area contributed by atoms with Gasteiger partial charge in [0, 0.05) is 32.4 Å². The van der Waals surface area contributed by atoms with Crippen molar-refractivity contribution in [1.29, 1.82) is 0 Å². The number of benzene rings is 1. The summed E-state index contributed by atoms with van der Waals surface area (Å²) in [6.07, 6.45) is 4.21. The van der Waals surface area contributed by atoms with Crippen LogP contribution in [-0.2, 0) is 18.3 Å². The molecular formula is C14H13N3O2. The van der Waals surface area contributed by atoms with Crippen molar-refractivity contribution in [3.63, 3.8) is 0 Å². The SMILES string of the molecule is Cn1ccnc1CCN1C(=O)C(=O)c2ccccc21. The topological polar surface area (TPSA) is 55.2 Å². The molecule has 1 aromatic heterocycles. The van der Waals surface area contributed by atoms with Crippen LogP contribution in [0.2, 0.25) is 0 Å². The van der Waals surface area contributed by atoms with Gasteiger partial charge >= 0.3 is 0 Å². The van der Waals surface area contributed by atoms with E-state index in [2.05, 4.69) is 4.98 Å². The van der Waals surface area contributed by atoms with Crippen molar-refractivity contribution in [3.05, 3.63) is 48.0 Å². The molecule has 0 unspecified atom stereocenters. The second-order valence-corrected chi connectivity index (χ2v) is 4.51.